The number of guanidine groups is 1. The average molecular weight is 383 g/mol. The summed E-state index contributed by atoms with van der Waals surface area (Å²) in [6, 6.07) is 13.3. The van der Waals surface area contributed by atoms with Gasteiger partial charge in [0.05, 0.1) is 11.4 Å². The standard InChI is InChI=1S/C21H23F2N5/c1-15-3-4-16(13-20(15)23)14-26-21(24-2)25-11-9-18-10-12-28(27-18)19-7-5-17(22)6-8-19/h3-8,10,12-13H,9,11,14H2,1-2H3,(H2,24,25,26). The van der Waals surface area contributed by atoms with Gasteiger partial charge in [0.2, 0.25) is 0 Å². The smallest absolute Gasteiger partial charge is 0.191 e. The largest absolute Gasteiger partial charge is 0.356 e. The second-order valence-electron chi connectivity index (χ2n) is 6.41. The van der Waals surface area contributed by atoms with Crippen molar-refractivity contribution >= 4 is 5.96 Å². The van der Waals surface area contributed by atoms with Gasteiger partial charge in [-0.25, -0.2) is 13.5 Å². The van der Waals surface area contributed by atoms with Crippen LogP contribution in [0.1, 0.15) is 16.8 Å². The Morgan fingerprint density at radius 3 is 2.57 bits per heavy atom. The molecule has 0 saturated carbocycles. The molecule has 2 N–H and O–H groups in total. The van der Waals surface area contributed by atoms with Crippen molar-refractivity contribution in [1.82, 2.24) is 20.4 Å². The summed E-state index contributed by atoms with van der Waals surface area (Å²) < 4.78 is 28.4. The third-order valence-corrected chi connectivity index (χ3v) is 4.33. The van der Waals surface area contributed by atoms with Crippen molar-refractivity contribution in [3.05, 3.63) is 83.2 Å². The molecule has 0 fully saturated rings. The van der Waals surface area contributed by atoms with Crippen molar-refractivity contribution in [3.63, 3.8) is 0 Å². The molecule has 2 aromatic carbocycles. The molecule has 146 valence electrons. The number of hydrogen-bond donors (Lipinski definition) is 2. The van der Waals surface area contributed by atoms with Crippen molar-refractivity contribution < 1.29 is 8.78 Å². The summed E-state index contributed by atoms with van der Waals surface area (Å²) in [6.07, 6.45) is 2.55. The zero-order valence-corrected chi connectivity index (χ0v) is 15.9. The first kappa shape index (κ1) is 19.5. The fourth-order valence-electron chi connectivity index (χ4n) is 2.69. The van der Waals surface area contributed by atoms with Gasteiger partial charge in [-0.15, -0.1) is 0 Å². The summed E-state index contributed by atoms with van der Waals surface area (Å²) in [5, 5.41) is 10.9. The highest BCUT2D eigenvalue weighted by Gasteiger charge is 2.04. The number of aromatic nitrogens is 2. The molecule has 0 aliphatic carbocycles. The van der Waals surface area contributed by atoms with Crippen molar-refractivity contribution in [2.45, 2.75) is 19.9 Å². The lowest BCUT2D eigenvalue weighted by atomic mass is 10.1. The second kappa shape index (κ2) is 9.12. The topological polar surface area (TPSA) is 54.2 Å². The maximum Gasteiger partial charge on any atom is 0.191 e. The Kier molecular flexibility index (Phi) is 6.37. The van der Waals surface area contributed by atoms with E-state index in [0.29, 0.717) is 31.0 Å². The molecule has 5 nitrogen and oxygen atoms in total. The molecule has 3 rings (SSSR count). The first-order valence-corrected chi connectivity index (χ1v) is 9.05. The van der Waals surface area contributed by atoms with E-state index in [1.165, 1.54) is 18.2 Å². The zero-order valence-electron chi connectivity index (χ0n) is 15.9. The summed E-state index contributed by atoms with van der Waals surface area (Å²) >= 11 is 0. The summed E-state index contributed by atoms with van der Waals surface area (Å²) in [5.74, 6) is 0.158. The first-order chi connectivity index (χ1) is 13.5. The Morgan fingerprint density at radius 1 is 1.07 bits per heavy atom. The van der Waals surface area contributed by atoms with E-state index in [4.69, 9.17) is 0 Å². The Labute approximate surface area is 163 Å². The normalized spacial score (nSPS) is 11.5. The lowest BCUT2D eigenvalue weighted by Gasteiger charge is -2.12. The summed E-state index contributed by atoms with van der Waals surface area (Å²) in [4.78, 5) is 4.17. The van der Waals surface area contributed by atoms with E-state index in [0.717, 1.165) is 16.9 Å². The number of halogens is 2. The molecule has 3 aromatic rings. The Balaban J connectivity index is 1.48. The highest BCUT2D eigenvalue weighted by molar-refractivity contribution is 5.79. The quantitative estimate of drug-likeness (QED) is 0.507. The van der Waals surface area contributed by atoms with E-state index in [9.17, 15) is 8.78 Å². The van der Waals surface area contributed by atoms with E-state index in [1.54, 1.807) is 36.9 Å². The Bertz CT molecular complexity index is 948. The summed E-state index contributed by atoms with van der Waals surface area (Å²) in [5.41, 5.74) is 3.20. The number of aliphatic imine (C=N–C) groups is 1. The number of nitrogens with one attached hydrogen (secondary N) is 2. The van der Waals surface area contributed by atoms with Crippen molar-refractivity contribution in [2.24, 2.45) is 4.99 Å². The molecule has 1 heterocycles. The van der Waals surface area contributed by atoms with Crippen LogP contribution in [-0.2, 0) is 13.0 Å². The summed E-state index contributed by atoms with van der Waals surface area (Å²) in [6.45, 7) is 2.86. The molecule has 0 radical (unpaired) electrons. The molecule has 0 aliphatic rings. The van der Waals surface area contributed by atoms with Gasteiger partial charge < -0.3 is 10.6 Å². The Hall–Kier alpha value is -3.22. The number of rotatable bonds is 6. The number of nitrogens with zero attached hydrogens (tertiary/aromatic N) is 3. The minimum Gasteiger partial charge on any atom is -0.356 e. The van der Waals surface area contributed by atoms with Gasteiger partial charge >= 0.3 is 0 Å². The maximum atomic E-state index is 13.6. The fraction of sp³-hybridized carbons (Fsp3) is 0.238. The number of benzene rings is 2. The third-order valence-electron chi connectivity index (χ3n) is 4.33. The highest BCUT2D eigenvalue weighted by Crippen LogP contribution is 2.10. The zero-order chi connectivity index (χ0) is 19.9. The van der Waals surface area contributed by atoms with Crippen LogP contribution in [0.4, 0.5) is 8.78 Å². The van der Waals surface area contributed by atoms with Crippen LogP contribution in [0.15, 0.2) is 59.7 Å². The van der Waals surface area contributed by atoms with Gasteiger partial charge in [-0.1, -0.05) is 12.1 Å². The molecule has 7 heteroatoms. The number of hydrogen-bond acceptors (Lipinski definition) is 2. The first-order valence-electron chi connectivity index (χ1n) is 9.05. The minimum atomic E-state index is -0.271. The van der Waals surface area contributed by atoms with Crippen molar-refractivity contribution in [1.29, 1.82) is 0 Å². The highest BCUT2D eigenvalue weighted by atomic mass is 19.1. The van der Waals surface area contributed by atoms with Crippen LogP contribution in [0.2, 0.25) is 0 Å². The van der Waals surface area contributed by atoms with Gasteiger partial charge in [-0.05, 0) is 54.4 Å². The van der Waals surface area contributed by atoms with Gasteiger partial charge in [0.1, 0.15) is 11.6 Å². The van der Waals surface area contributed by atoms with E-state index in [1.807, 2.05) is 18.3 Å². The molecule has 0 amide bonds. The molecule has 0 bridgehead atoms. The van der Waals surface area contributed by atoms with Crippen LogP contribution < -0.4 is 10.6 Å². The van der Waals surface area contributed by atoms with Crippen LogP contribution in [0.5, 0.6) is 0 Å². The lowest BCUT2D eigenvalue weighted by Crippen LogP contribution is -2.37. The lowest BCUT2D eigenvalue weighted by molar-refractivity contribution is 0.615. The SMILES string of the molecule is CN=C(NCCc1ccn(-c2ccc(F)cc2)n1)NCc1ccc(C)c(F)c1. The van der Waals surface area contributed by atoms with Crippen LogP contribution in [0.25, 0.3) is 5.69 Å². The van der Waals surface area contributed by atoms with E-state index < -0.39 is 0 Å². The van der Waals surface area contributed by atoms with E-state index >= 15 is 0 Å². The van der Waals surface area contributed by atoms with Gasteiger partial charge in [-0.2, -0.15) is 5.10 Å². The van der Waals surface area contributed by atoms with Crippen molar-refractivity contribution in [2.75, 3.05) is 13.6 Å². The summed E-state index contributed by atoms with van der Waals surface area (Å²) in [7, 11) is 1.69. The predicted molar refractivity (Wildman–Crippen MR) is 107 cm³/mol. The van der Waals surface area contributed by atoms with Crippen molar-refractivity contribution in [3.8, 4) is 5.69 Å². The average Bonchev–Trinajstić information content (AvgIpc) is 3.16. The van der Waals surface area contributed by atoms with Crippen LogP contribution in [0, 0.1) is 18.6 Å². The van der Waals surface area contributed by atoms with Gasteiger partial charge in [0.15, 0.2) is 5.96 Å². The molecule has 28 heavy (non-hydrogen) atoms. The maximum absolute atomic E-state index is 13.6. The Morgan fingerprint density at radius 2 is 1.86 bits per heavy atom. The van der Waals surface area contributed by atoms with Crippen LogP contribution in [-0.4, -0.2) is 29.3 Å². The molecule has 0 unspecified atom stereocenters. The van der Waals surface area contributed by atoms with Gasteiger partial charge in [0.25, 0.3) is 0 Å². The number of aryl methyl sites for hydroxylation is 1. The molecule has 1 aromatic heterocycles. The minimum absolute atomic E-state index is 0.209. The molecule has 0 spiro atoms. The monoisotopic (exact) mass is 383 g/mol. The van der Waals surface area contributed by atoms with Gasteiger partial charge in [0, 0.05) is 32.8 Å². The third kappa shape index (κ3) is 5.16. The van der Waals surface area contributed by atoms with Crippen LogP contribution >= 0.6 is 0 Å². The van der Waals surface area contributed by atoms with Crippen LogP contribution in [0.3, 0.4) is 0 Å². The fourth-order valence-corrected chi connectivity index (χ4v) is 2.69. The molecular weight excluding hydrogens is 360 g/mol. The van der Waals surface area contributed by atoms with E-state index in [-0.39, 0.29) is 11.6 Å². The molecule has 0 saturated heterocycles. The second-order valence-corrected chi connectivity index (χ2v) is 6.41. The molecular formula is C21H23F2N5. The molecule has 0 aliphatic heterocycles. The van der Waals surface area contributed by atoms with E-state index in [2.05, 4.69) is 20.7 Å². The van der Waals surface area contributed by atoms with Gasteiger partial charge in [-0.3, -0.25) is 4.99 Å². The predicted octanol–water partition coefficient (Wildman–Crippen LogP) is 3.37. The molecule has 0 atom stereocenters.